The van der Waals surface area contributed by atoms with Crippen molar-refractivity contribution in [3.05, 3.63) is 176 Å². The maximum absolute atomic E-state index is 6.28. The summed E-state index contributed by atoms with van der Waals surface area (Å²) < 4.78 is 8.63. The third-order valence-corrected chi connectivity index (χ3v) is 9.63. The molecule has 0 amide bonds. The van der Waals surface area contributed by atoms with Crippen LogP contribution in [0.15, 0.2) is 180 Å². The number of rotatable bonds is 5. The summed E-state index contributed by atoms with van der Waals surface area (Å²) in [5, 5.41) is 4.68. The molecule has 0 aliphatic heterocycles. The molecule has 0 fully saturated rings. The summed E-state index contributed by atoms with van der Waals surface area (Å²) in [6.45, 7) is 0. The van der Waals surface area contributed by atoms with Gasteiger partial charge in [0.2, 0.25) is 0 Å². The third kappa shape index (κ3) is 4.54. The fraction of sp³-hybridized carbons (Fsp3) is 0. The van der Waals surface area contributed by atoms with Crippen LogP contribution in [0.4, 0.5) is 0 Å². The van der Waals surface area contributed by atoms with Crippen molar-refractivity contribution >= 4 is 43.7 Å². The zero-order valence-electron chi connectivity index (χ0n) is 27.0. The van der Waals surface area contributed by atoms with E-state index in [9.17, 15) is 0 Å². The van der Waals surface area contributed by atoms with Gasteiger partial charge in [0.25, 0.3) is 0 Å². The van der Waals surface area contributed by atoms with Crippen molar-refractivity contribution in [1.82, 2.24) is 14.5 Å². The molecule has 7 aromatic carbocycles. The van der Waals surface area contributed by atoms with E-state index in [2.05, 4.69) is 144 Å². The van der Waals surface area contributed by atoms with E-state index < -0.39 is 0 Å². The quantitative estimate of drug-likeness (QED) is 0.188. The van der Waals surface area contributed by atoms with Gasteiger partial charge in [-0.1, -0.05) is 133 Å². The van der Waals surface area contributed by atoms with Gasteiger partial charge in [-0.25, -0.2) is 9.97 Å². The second-order valence-electron chi connectivity index (χ2n) is 12.6. The topological polar surface area (TPSA) is 43.9 Å². The second-order valence-corrected chi connectivity index (χ2v) is 12.6. The number of benzene rings is 7. The maximum Gasteiger partial charge on any atom is 0.160 e. The van der Waals surface area contributed by atoms with Gasteiger partial charge in [-0.15, -0.1) is 0 Å². The Hall–Kier alpha value is -6.78. The smallest absolute Gasteiger partial charge is 0.160 e. The molecule has 50 heavy (non-hydrogen) atoms. The van der Waals surface area contributed by atoms with Crippen molar-refractivity contribution in [3.63, 3.8) is 0 Å². The summed E-state index contributed by atoms with van der Waals surface area (Å²) in [5.41, 5.74) is 12.1. The largest absolute Gasteiger partial charge is 0.456 e. The van der Waals surface area contributed by atoms with Crippen molar-refractivity contribution < 1.29 is 4.42 Å². The van der Waals surface area contributed by atoms with Gasteiger partial charge in [-0.3, -0.25) is 0 Å². The highest BCUT2D eigenvalue weighted by molar-refractivity contribution is 6.13. The Morgan fingerprint density at radius 1 is 0.400 bits per heavy atom. The lowest BCUT2D eigenvalue weighted by molar-refractivity contribution is 0.669. The lowest BCUT2D eigenvalue weighted by Gasteiger charge is -2.14. The van der Waals surface area contributed by atoms with Crippen molar-refractivity contribution in [2.75, 3.05) is 0 Å². The third-order valence-electron chi connectivity index (χ3n) is 9.63. The highest BCUT2D eigenvalue weighted by atomic mass is 16.3. The van der Waals surface area contributed by atoms with Crippen LogP contribution in [0.25, 0.3) is 94.5 Å². The predicted molar refractivity (Wildman–Crippen MR) is 205 cm³/mol. The minimum atomic E-state index is 0.683. The molecule has 0 bridgehead atoms. The normalized spacial score (nSPS) is 11.6. The molecular weight excluding hydrogens is 611 g/mol. The first-order chi connectivity index (χ1) is 24.8. The summed E-state index contributed by atoms with van der Waals surface area (Å²) in [7, 11) is 0. The van der Waals surface area contributed by atoms with Crippen LogP contribution in [-0.4, -0.2) is 14.5 Å². The van der Waals surface area contributed by atoms with Gasteiger partial charge in [0.15, 0.2) is 5.82 Å². The van der Waals surface area contributed by atoms with E-state index in [1.807, 2.05) is 36.4 Å². The summed E-state index contributed by atoms with van der Waals surface area (Å²) in [6, 6.07) is 61.3. The molecule has 10 rings (SSSR count). The number of para-hydroxylation sites is 3. The standard InChI is InChI=1S/C46H29N3O/c1-2-14-30(15-3-1)46-47-39(31-16-12-17-32(28-31)49-41-24-9-6-20-35(41)36-21-7-10-25-42(36)49)29-40(48-46)34-19-5-4-18-33(34)37-23-13-27-44-45(37)38-22-8-11-26-43(38)50-44/h1-29H. The first-order valence-corrected chi connectivity index (χ1v) is 16.8. The van der Waals surface area contributed by atoms with Crippen LogP contribution in [0.1, 0.15) is 0 Å². The van der Waals surface area contributed by atoms with E-state index in [1.165, 1.54) is 21.8 Å². The van der Waals surface area contributed by atoms with Gasteiger partial charge in [-0.05, 0) is 53.6 Å². The molecule has 0 aliphatic carbocycles. The number of aromatic nitrogens is 3. The first kappa shape index (κ1) is 28.3. The van der Waals surface area contributed by atoms with Crippen LogP contribution >= 0.6 is 0 Å². The van der Waals surface area contributed by atoms with Crippen LogP contribution in [0, 0.1) is 0 Å². The molecule has 0 atom stereocenters. The molecule has 0 radical (unpaired) electrons. The highest BCUT2D eigenvalue weighted by Gasteiger charge is 2.19. The van der Waals surface area contributed by atoms with E-state index >= 15 is 0 Å². The Morgan fingerprint density at radius 3 is 1.78 bits per heavy atom. The average molecular weight is 640 g/mol. The van der Waals surface area contributed by atoms with Crippen molar-refractivity contribution in [1.29, 1.82) is 0 Å². The van der Waals surface area contributed by atoms with Gasteiger partial charge < -0.3 is 8.98 Å². The van der Waals surface area contributed by atoms with Crippen LogP contribution in [0.5, 0.6) is 0 Å². The Balaban J connectivity index is 1.19. The number of fused-ring (bicyclic) bond motifs is 6. The molecule has 0 saturated carbocycles. The Morgan fingerprint density at radius 2 is 0.980 bits per heavy atom. The zero-order valence-corrected chi connectivity index (χ0v) is 27.0. The van der Waals surface area contributed by atoms with E-state index in [-0.39, 0.29) is 0 Å². The van der Waals surface area contributed by atoms with Crippen molar-refractivity contribution in [2.24, 2.45) is 0 Å². The summed E-state index contributed by atoms with van der Waals surface area (Å²) in [6.07, 6.45) is 0. The van der Waals surface area contributed by atoms with Crippen LogP contribution < -0.4 is 0 Å². The van der Waals surface area contributed by atoms with Gasteiger partial charge in [0.1, 0.15) is 11.2 Å². The molecule has 0 aliphatic rings. The van der Waals surface area contributed by atoms with Crippen molar-refractivity contribution in [2.45, 2.75) is 0 Å². The number of furan rings is 1. The predicted octanol–water partition coefficient (Wildman–Crippen LogP) is 12.1. The molecule has 0 N–H and O–H groups in total. The van der Waals surface area contributed by atoms with Gasteiger partial charge in [0, 0.05) is 43.9 Å². The van der Waals surface area contributed by atoms with E-state index in [1.54, 1.807) is 0 Å². The highest BCUT2D eigenvalue weighted by Crippen LogP contribution is 2.41. The molecular formula is C46H29N3O. The van der Waals surface area contributed by atoms with Gasteiger partial charge in [-0.2, -0.15) is 0 Å². The summed E-state index contributed by atoms with van der Waals surface area (Å²) in [4.78, 5) is 10.4. The summed E-state index contributed by atoms with van der Waals surface area (Å²) >= 11 is 0. The number of hydrogen-bond donors (Lipinski definition) is 0. The van der Waals surface area contributed by atoms with Crippen LogP contribution in [0.2, 0.25) is 0 Å². The molecule has 4 heteroatoms. The SMILES string of the molecule is c1ccc(-c2nc(-c3cccc(-n4c5ccccc5c5ccccc54)c3)cc(-c3ccccc3-c3cccc4oc5ccccc5c34)n2)cc1. The van der Waals surface area contributed by atoms with Crippen molar-refractivity contribution in [3.8, 4) is 50.7 Å². The lowest BCUT2D eigenvalue weighted by atomic mass is 9.93. The summed E-state index contributed by atoms with van der Waals surface area (Å²) in [5.74, 6) is 0.683. The molecule has 3 heterocycles. The minimum Gasteiger partial charge on any atom is -0.456 e. The minimum absolute atomic E-state index is 0.683. The molecule has 3 aromatic heterocycles. The Kier molecular flexibility index (Phi) is 6.46. The zero-order chi connectivity index (χ0) is 33.0. The molecule has 0 spiro atoms. The lowest BCUT2D eigenvalue weighted by Crippen LogP contribution is -1.98. The van der Waals surface area contributed by atoms with E-state index in [4.69, 9.17) is 14.4 Å². The maximum atomic E-state index is 6.28. The molecule has 234 valence electrons. The first-order valence-electron chi connectivity index (χ1n) is 16.8. The van der Waals surface area contributed by atoms with E-state index in [0.29, 0.717) is 5.82 Å². The van der Waals surface area contributed by atoms with E-state index in [0.717, 1.165) is 66.8 Å². The average Bonchev–Trinajstić information content (AvgIpc) is 3.74. The fourth-order valence-corrected chi connectivity index (χ4v) is 7.39. The molecule has 0 unspecified atom stereocenters. The second kappa shape index (κ2) is 11.4. The Bertz CT molecular complexity index is 2830. The molecule has 10 aromatic rings. The van der Waals surface area contributed by atoms with Gasteiger partial charge >= 0.3 is 0 Å². The Labute approximate surface area is 288 Å². The van der Waals surface area contributed by atoms with Gasteiger partial charge in [0.05, 0.1) is 22.4 Å². The number of hydrogen-bond acceptors (Lipinski definition) is 3. The fourth-order valence-electron chi connectivity index (χ4n) is 7.39. The van der Waals surface area contributed by atoms with Crippen LogP contribution in [-0.2, 0) is 0 Å². The number of nitrogens with zero attached hydrogens (tertiary/aromatic N) is 3. The van der Waals surface area contributed by atoms with Crippen LogP contribution in [0.3, 0.4) is 0 Å². The molecule has 4 nitrogen and oxygen atoms in total. The monoisotopic (exact) mass is 639 g/mol. The molecule has 0 saturated heterocycles.